The average molecular weight is 966 g/mol. The molecule has 0 spiro atoms. The van der Waals surface area contributed by atoms with E-state index in [1.807, 2.05) is 0 Å². The van der Waals surface area contributed by atoms with Crippen molar-refractivity contribution in [3.05, 3.63) is 60.8 Å². The summed E-state index contributed by atoms with van der Waals surface area (Å²) in [5.41, 5.74) is 0. The van der Waals surface area contributed by atoms with Crippen LogP contribution in [-0.2, 0) is 28.6 Å². The molecule has 0 aliphatic heterocycles. The number of ether oxygens (including phenoxy) is 3. The number of carbonyl (C=O) groups excluding carboxylic acids is 3. The van der Waals surface area contributed by atoms with Crippen molar-refractivity contribution in [3.63, 3.8) is 0 Å². The standard InChI is InChI=1S/C63H112O6/c1-4-7-10-13-16-19-22-25-27-29-30-31-32-34-36-39-41-44-47-50-53-56-62(65)68-59-60(69-63(66)57-54-51-48-45-42-37-24-21-18-15-12-9-6-3)58-67-61(64)55-52-49-46-43-40-38-35-33-28-26-23-20-17-14-11-8-5-2/h21,24-28,35,38,43,46,60H,4-20,22-23,29-34,36-37,39-42,44-45,47-59H2,1-3H3/b24-21-,27-25-,28-26-,38-35-,46-43-/t60-/m0/s1. The first-order valence-electron chi connectivity index (χ1n) is 29.8. The highest BCUT2D eigenvalue weighted by molar-refractivity contribution is 5.71. The van der Waals surface area contributed by atoms with Gasteiger partial charge in [-0.1, -0.05) is 242 Å². The predicted molar refractivity (Wildman–Crippen MR) is 298 cm³/mol. The van der Waals surface area contributed by atoms with Gasteiger partial charge in [0.2, 0.25) is 0 Å². The number of unbranched alkanes of at least 4 members (excludes halogenated alkanes) is 33. The van der Waals surface area contributed by atoms with E-state index in [1.165, 1.54) is 186 Å². The maximum atomic E-state index is 12.8. The van der Waals surface area contributed by atoms with Crippen molar-refractivity contribution in [2.45, 2.75) is 309 Å². The first-order chi connectivity index (χ1) is 34.0. The van der Waals surface area contributed by atoms with Crippen molar-refractivity contribution in [3.8, 4) is 0 Å². The van der Waals surface area contributed by atoms with Gasteiger partial charge in [0.05, 0.1) is 0 Å². The molecule has 0 saturated heterocycles. The van der Waals surface area contributed by atoms with Gasteiger partial charge in [0, 0.05) is 19.3 Å². The van der Waals surface area contributed by atoms with Gasteiger partial charge in [0.25, 0.3) is 0 Å². The summed E-state index contributed by atoms with van der Waals surface area (Å²) in [5, 5.41) is 0. The fourth-order valence-electron chi connectivity index (χ4n) is 8.45. The fraction of sp³-hybridized carbons (Fsp3) is 0.794. The van der Waals surface area contributed by atoms with Crippen LogP contribution in [0.3, 0.4) is 0 Å². The molecule has 6 heteroatoms. The summed E-state index contributed by atoms with van der Waals surface area (Å²) in [7, 11) is 0. The van der Waals surface area contributed by atoms with Crippen molar-refractivity contribution < 1.29 is 28.6 Å². The molecule has 0 bridgehead atoms. The molecule has 0 unspecified atom stereocenters. The molecule has 0 radical (unpaired) electrons. The third kappa shape index (κ3) is 55.9. The summed E-state index contributed by atoms with van der Waals surface area (Å²) in [6.07, 6.45) is 72.2. The zero-order valence-electron chi connectivity index (χ0n) is 45.8. The Morgan fingerprint density at radius 3 is 0.899 bits per heavy atom. The van der Waals surface area contributed by atoms with Gasteiger partial charge in [-0.05, 0) is 103 Å². The molecular formula is C63H112O6. The van der Waals surface area contributed by atoms with Gasteiger partial charge >= 0.3 is 17.9 Å². The van der Waals surface area contributed by atoms with Gasteiger partial charge in [-0.25, -0.2) is 0 Å². The minimum absolute atomic E-state index is 0.0922. The molecule has 0 saturated carbocycles. The van der Waals surface area contributed by atoms with Crippen molar-refractivity contribution in [2.75, 3.05) is 13.2 Å². The SMILES string of the molecule is CCCCCC/C=C\CCCCCCCC(=O)O[C@@H](COC(=O)CCC/C=C\C/C=C\C/C=C\CCCCCCCC)COC(=O)CCCCCCCCCCCCC/C=C\CCCCCCCC. The summed E-state index contributed by atoms with van der Waals surface area (Å²) in [6.45, 7) is 6.59. The highest BCUT2D eigenvalue weighted by Gasteiger charge is 2.19. The Morgan fingerprint density at radius 2 is 0.536 bits per heavy atom. The van der Waals surface area contributed by atoms with E-state index in [0.717, 1.165) is 70.6 Å². The molecular weight excluding hydrogens is 853 g/mol. The Kier molecular flexibility index (Phi) is 55.3. The lowest BCUT2D eigenvalue weighted by molar-refractivity contribution is -0.167. The molecule has 0 aliphatic rings. The third-order valence-corrected chi connectivity index (χ3v) is 13.0. The van der Waals surface area contributed by atoms with Crippen LogP contribution in [0.4, 0.5) is 0 Å². The van der Waals surface area contributed by atoms with Crippen LogP contribution in [0.15, 0.2) is 60.8 Å². The normalized spacial score (nSPS) is 12.4. The van der Waals surface area contributed by atoms with E-state index < -0.39 is 6.10 Å². The number of hydrogen-bond acceptors (Lipinski definition) is 6. The Balaban J connectivity index is 4.38. The molecule has 0 rings (SSSR count). The van der Waals surface area contributed by atoms with Crippen LogP contribution in [0.5, 0.6) is 0 Å². The smallest absolute Gasteiger partial charge is 0.306 e. The topological polar surface area (TPSA) is 78.9 Å². The van der Waals surface area contributed by atoms with Crippen LogP contribution in [-0.4, -0.2) is 37.2 Å². The number of carbonyl (C=O) groups is 3. The molecule has 0 N–H and O–H groups in total. The number of esters is 3. The van der Waals surface area contributed by atoms with E-state index in [-0.39, 0.29) is 37.5 Å². The van der Waals surface area contributed by atoms with Gasteiger partial charge in [-0.2, -0.15) is 0 Å². The minimum Gasteiger partial charge on any atom is -0.462 e. The van der Waals surface area contributed by atoms with Gasteiger partial charge < -0.3 is 14.2 Å². The molecule has 1 atom stereocenters. The van der Waals surface area contributed by atoms with Crippen LogP contribution in [0.2, 0.25) is 0 Å². The van der Waals surface area contributed by atoms with E-state index in [0.29, 0.717) is 19.3 Å². The van der Waals surface area contributed by atoms with E-state index in [9.17, 15) is 14.4 Å². The van der Waals surface area contributed by atoms with Gasteiger partial charge in [0.1, 0.15) is 13.2 Å². The molecule has 0 aromatic carbocycles. The highest BCUT2D eigenvalue weighted by Crippen LogP contribution is 2.15. The van der Waals surface area contributed by atoms with Crippen LogP contribution in [0.25, 0.3) is 0 Å². The number of rotatable bonds is 54. The number of allylic oxidation sites excluding steroid dienone is 10. The molecule has 6 nitrogen and oxygen atoms in total. The summed E-state index contributed by atoms with van der Waals surface area (Å²) >= 11 is 0. The van der Waals surface area contributed by atoms with E-state index >= 15 is 0 Å². The lowest BCUT2D eigenvalue weighted by Gasteiger charge is -2.18. The predicted octanol–water partition coefficient (Wildman–Crippen LogP) is 20.0. The quantitative estimate of drug-likeness (QED) is 0.0262. The van der Waals surface area contributed by atoms with E-state index in [2.05, 4.69) is 81.5 Å². The van der Waals surface area contributed by atoms with Crippen LogP contribution >= 0.6 is 0 Å². The summed E-state index contributed by atoms with van der Waals surface area (Å²) in [5.74, 6) is -0.946. The van der Waals surface area contributed by atoms with Crippen LogP contribution < -0.4 is 0 Å². The largest absolute Gasteiger partial charge is 0.462 e. The second-order valence-corrected chi connectivity index (χ2v) is 19.9. The first-order valence-corrected chi connectivity index (χ1v) is 29.8. The van der Waals surface area contributed by atoms with Crippen molar-refractivity contribution in [1.29, 1.82) is 0 Å². The van der Waals surface area contributed by atoms with Crippen LogP contribution in [0, 0.1) is 0 Å². The molecule has 400 valence electrons. The number of hydrogen-bond donors (Lipinski definition) is 0. The molecule has 0 aliphatic carbocycles. The monoisotopic (exact) mass is 965 g/mol. The van der Waals surface area contributed by atoms with Gasteiger partial charge in [0.15, 0.2) is 6.10 Å². The summed E-state index contributed by atoms with van der Waals surface area (Å²) < 4.78 is 16.8. The lowest BCUT2D eigenvalue weighted by atomic mass is 10.0. The van der Waals surface area contributed by atoms with Crippen molar-refractivity contribution in [1.82, 2.24) is 0 Å². The average Bonchev–Trinajstić information content (AvgIpc) is 3.35. The zero-order valence-corrected chi connectivity index (χ0v) is 45.8. The third-order valence-electron chi connectivity index (χ3n) is 13.0. The van der Waals surface area contributed by atoms with Crippen LogP contribution in [0.1, 0.15) is 303 Å². The lowest BCUT2D eigenvalue weighted by Crippen LogP contribution is -2.30. The molecule has 0 aromatic rings. The van der Waals surface area contributed by atoms with Gasteiger partial charge in [-0.15, -0.1) is 0 Å². The highest BCUT2D eigenvalue weighted by atomic mass is 16.6. The summed E-state index contributed by atoms with van der Waals surface area (Å²) in [6, 6.07) is 0. The molecule has 0 aromatic heterocycles. The minimum atomic E-state index is -0.798. The van der Waals surface area contributed by atoms with E-state index in [1.54, 1.807) is 0 Å². The summed E-state index contributed by atoms with van der Waals surface area (Å²) in [4.78, 5) is 38.1. The van der Waals surface area contributed by atoms with Crippen molar-refractivity contribution >= 4 is 17.9 Å². The maximum absolute atomic E-state index is 12.8. The molecule has 69 heavy (non-hydrogen) atoms. The van der Waals surface area contributed by atoms with E-state index in [4.69, 9.17) is 14.2 Å². The Labute approximate surface area is 428 Å². The van der Waals surface area contributed by atoms with Gasteiger partial charge in [-0.3, -0.25) is 14.4 Å². The first kappa shape index (κ1) is 66.1. The van der Waals surface area contributed by atoms with Crippen molar-refractivity contribution in [2.24, 2.45) is 0 Å². The maximum Gasteiger partial charge on any atom is 0.306 e. The second kappa shape index (κ2) is 57.7. The molecule has 0 fully saturated rings. The zero-order chi connectivity index (χ0) is 50.0. The molecule has 0 amide bonds. The molecule has 0 heterocycles. The Morgan fingerprint density at radius 1 is 0.290 bits per heavy atom. The second-order valence-electron chi connectivity index (χ2n) is 19.9. The fourth-order valence-corrected chi connectivity index (χ4v) is 8.45. The Hall–Kier alpha value is -2.89. The Bertz CT molecular complexity index is 1250.